The fourth-order valence-electron chi connectivity index (χ4n) is 0.741. The summed E-state index contributed by atoms with van der Waals surface area (Å²) < 4.78 is 4.74. The van der Waals surface area contributed by atoms with Gasteiger partial charge in [0.15, 0.2) is 5.56 Å². The zero-order valence-electron chi connectivity index (χ0n) is 7.07. The van der Waals surface area contributed by atoms with Crippen molar-refractivity contribution in [1.82, 2.24) is 0 Å². The zero-order valence-corrected chi connectivity index (χ0v) is 8.64. The highest BCUT2D eigenvalue weighted by Gasteiger charge is 2.07. The maximum absolute atomic E-state index is 11.1. The lowest BCUT2D eigenvalue weighted by atomic mass is 10.4. The van der Waals surface area contributed by atoms with Gasteiger partial charge in [0.05, 0.1) is 0 Å². The standard InChI is InChI=1S/C9H9ClO2S/c1-7(10)12-9(11)13-8-5-3-2-4-6-8/h2-7H,1H3. The van der Waals surface area contributed by atoms with Gasteiger partial charge in [-0.1, -0.05) is 29.8 Å². The van der Waals surface area contributed by atoms with Crippen LogP contribution in [0.15, 0.2) is 35.2 Å². The van der Waals surface area contributed by atoms with E-state index in [1.807, 2.05) is 30.3 Å². The molecule has 0 amide bonds. The first-order valence-corrected chi connectivity index (χ1v) is 5.01. The van der Waals surface area contributed by atoms with Gasteiger partial charge in [-0.25, -0.2) is 4.79 Å². The van der Waals surface area contributed by atoms with E-state index in [1.165, 1.54) is 0 Å². The summed E-state index contributed by atoms with van der Waals surface area (Å²) >= 11 is 6.51. The van der Waals surface area contributed by atoms with Gasteiger partial charge in [-0.05, 0) is 30.8 Å². The lowest BCUT2D eigenvalue weighted by Gasteiger charge is -2.04. The first-order valence-electron chi connectivity index (χ1n) is 3.76. The van der Waals surface area contributed by atoms with E-state index in [0.29, 0.717) is 0 Å². The number of carbonyl (C=O) groups is 1. The van der Waals surface area contributed by atoms with Crippen LogP contribution < -0.4 is 0 Å². The monoisotopic (exact) mass is 216 g/mol. The number of carbonyl (C=O) groups excluding carboxylic acids is 1. The van der Waals surface area contributed by atoms with Crippen LogP contribution in [-0.4, -0.2) is 10.9 Å². The maximum Gasteiger partial charge on any atom is 0.373 e. The summed E-state index contributed by atoms with van der Waals surface area (Å²) in [7, 11) is 0. The third-order valence-corrected chi connectivity index (χ3v) is 2.06. The molecule has 0 radical (unpaired) electrons. The number of hydrogen-bond acceptors (Lipinski definition) is 3. The fourth-order valence-corrected chi connectivity index (χ4v) is 1.55. The quantitative estimate of drug-likeness (QED) is 0.430. The number of alkyl halides is 1. The van der Waals surface area contributed by atoms with Crippen LogP contribution in [0.1, 0.15) is 6.92 Å². The Morgan fingerprint density at radius 3 is 2.62 bits per heavy atom. The minimum Gasteiger partial charge on any atom is -0.438 e. The number of halogens is 1. The van der Waals surface area contributed by atoms with Crippen molar-refractivity contribution in [1.29, 1.82) is 0 Å². The van der Waals surface area contributed by atoms with Crippen LogP contribution in [0, 0.1) is 0 Å². The molecule has 0 fully saturated rings. The van der Waals surface area contributed by atoms with Crippen molar-refractivity contribution in [3.8, 4) is 0 Å². The van der Waals surface area contributed by atoms with E-state index in [0.717, 1.165) is 16.7 Å². The predicted molar refractivity (Wildman–Crippen MR) is 54.1 cm³/mol. The van der Waals surface area contributed by atoms with Crippen molar-refractivity contribution >= 4 is 28.7 Å². The Kier molecular flexibility index (Phi) is 4.12. The van der Waals surface area contributed by atoms with E-state index in [2.05, 4.69) is 0 Å². The molecule has 4 heteroatoms. The van der Waals surface area contributed by atoms with Gasteiger partial charge in [-0.15, -0.1) is 0 Å². The van der Waals surface area contributed by atoms with Crippen LogP contribution in [0.3, 0.4) is 0 Å². The van der Waals surface area contributed by atoms with Crippen molar-refractivity contribution < 1.29 is 9.53 Å². The van der Waals surface area contributed by atoms with E-state index in [1.54, 1.807) is 6.92 Å². The molecular weight excluding hydrogens is 208 g/mol. The number of hydrogen-bond donors (Lipinski definition) is 0. The lowest BCUT2D eigenvalue weighted by Crippen LogP contribution is -2.03. The van der Waals surface area contributed by atoms with Crippen LogP contribution in [0.5, 0.6) is 0 Å². The predicted octanol–water partition coefficient (Wildman–Crippen LogP) is 3.50. The second-order valence-corrected chi connectivity index (χ2v) is 3.95. The molecule has 2 nitrogen and oxygen atoms in total. The molecule has 0 heterocycles. The highest BCUT2D eigenvalue weighted by molar-refractivity contribution is 8.13. The highest BCUT2D eigenvalue weighted by Crippen LogP contribution is 2.20. The average Bonchev–Trinajstić information content (AvgIpc) is 2.04. The van der Waals surface area contributed by atoms with Gasteiger partial charge in [0.1, 0.15) is 0 Å². The number of thioether (sulfide) groups is 1. The first-order chi connectivity index (χ1) is 6.18. The van der Waals surface area contributed by atoms with Crippen molar-refractivity contribution in [2.24, 2.45) is 0 Å². The van der Waals surface area contributed by atoms with E-state index in [-0.39, 0.29) is 5.30 Å². The number of rotatable bonds is 2. The molecule has 0 aliphatic rings. The Morgan fingerprint density at radius 2 is 2.08 bits per heavy atom. The molecule has 1 atom stereocenters. The lowest BCUT2D eigenvalue weighted by molar-refractivity contribution is 0.168. The van der Waals surface area contributed by atoms with Crippen LogP contribution >= 0.6 is 23.4 Å². The van der Waals surface area contributed by atoms with Crippen molar-refractivity contribution in [2.45, 2.75) is 17.4 Å². The zero-order chi connectivity index (χ0) is 9.68. The van der Waals surface area contributed by atoms with E-state index in [4.69, 9.17) is 16.3 Å². The Labute approximate surface area is 86.2 Å². The third kappa shape index (κ3) is 4.20. The molecule has 1 unspecified atom stereocenters. The van der Waals surface area contributed by atoms with Crippen LogP contribution in [0.25, 0.3) is 0 Å². The molecule has 0 aromatic heterocycles. The molecular formula is C9H9ClO2S. The number of benzene rings is 1. The van der Waals surface area contributed by atoms with Gasteiger partial charge < -0.3 is 4.74 Å². The second kappa shape index (κ2) is 5.14. The molecule has 0 aliphatic heterocycles. The van der Waals surface area contributed by atoms with Gasteiger partial charge in [-0.3, -0.25) is 0 Å². The van der Waals surface area contributed by atoms with Crippen LogP contribution in [0.4, 0.5) is 4.79 Å². The molecule has 0 aliphatic carbocycles. The summed E-state index contributed by atoms with van der Waals surface area (Å²) in [5.74, 6) is 0. The SMILES string of the molecule is CC(Cl)OC(=O)Sc1ccccc1. The Bertz CT molecular complexity index is 274. The van der Waals surface area contributed by atoms with Gasteiger partial charge in [0.2, 0.25) is 0 Å². The van der Waals surface area contributed by atoms with Crippen molar-refractivity contribution in [3.05, 3.63) is 30.3 Å². The van der Waals surface area contributed by atoms with Crippen molar-refractivity contribution in [2.75, 3.05) is 0 Å². The molecule has 0 saturated heterocycles. The van der Waals surface area contributed by atoms with Crippen molar-refractivity contribution in [3.63, 3.8) is 0 Å². The maximum atomic E-state index is 11.1. The Hall–Kier alpha value is -0.670. The summed E-state index contributed by atoms with van der Waals surface area (Å²) in [4.78, 5) is 11.9. The first kappa shape index (κ1) is 10.4. The average molecular weight is 217 g/mol. The van der Waals surface area contributed by atoms with Crippen LogP contribution in [0.2, 0.25) is 0 Å². The molecule has 0 N–H and O–H groups in total. The number of ether oxygens (including phenoxy) is 1. The molecule has 13 heavy (non-hydrogen) atoms. The molecule has 1 aromatic rings. The molecule has 1 aromatic carbocycles. The fraction of sp³-hybridized carbons (Fsp3) is 0.222. The van der Waals surface area contributed by atoms with Gasteiger partial charge in [0, 0.05) is 4.90 Å². The normalized spacial score (nSPS) is 12.2. The van der Waals surface area contributed by atoms with E-state index in [9.17, 15) is 4.79 Å². The van der Waals surface area contributed by atoms with Gasteiger partial charge in [0.25, 0.3) is 0 Å². The summed E-state index contributed by atoms with van der Waals surface area (Å²) in [6.45, 7) is 1.60. The smallest absolute Gasteiger partial charge is 0.373 e. The largest absolute Gasteiger partial charge is 0.438 e. The van der Waals surface area contributed by atoms with E-state index < -0.39 is 5.56 Å². The molecule has 70 valence electrons. The molecule has 1 rings (SSSR count). The molecule has 0 spiro atoms. The summed E-state index contributed by atoms with van der Waals surface area (Å²) in [6.07, 6.45) is 0. The Balaban J connectivity index is 2.46. The topological polar surface area (TPSA) is 26.3 Å². The van der Waals surface area contributed by atoms with Crippen LogP contribution in [-0.2, 0) is 4.74 Å². The third-order valence-electron chi connectivity index (χ3n) is 1.20. The van der Waals surface area contributed by atoms with Gasteiger partial charge >= 0.3 is 5.30 Å². The molecule has 0 bridgehead atoms. The Morgan fingerprint density at radius 1 is 1.46 bits per heavy atom. The summed E-state index contributed by atoms with van der Waals surface area (Å²) in [5.41, 5.74) is -0.580. The van der Waals surface area contributed by atoms with E-state index >= 15 is 0 Å². The summed E-state index contributed by atoms with van der Waals surface area (Å²) in [6, 6.07) is 9.29. The minimum atomic E-state index is -0.580. The highest BCUT2D eigenvalue weighted by atomic mass is 35.5. The minimum absolute atomic E-state index is 0.381. The second-order valence-electron chi connectivity index (χ2n) is 2.33. The van der Waals surface area contributed by atoms with Gasteiger partial charge in [-0.2, -0.15) is 0 Å². The summed E-state index contributed by atoms with van der Waals surface area (Å²) in [5, 5.41) is -0.381. The molecule has 0 saturated carbocycles.